The maximum absolute atomic E-state index is 13.1. The molecule has 0 bridgehead atoms. The average Bonchev–Trinajstić information content (AvgIpc) is 2.83. The molecule has 1 amide bonds. The minimum Gasteiger partial charge on any atom is -0.397 e. The lowest BCUT2D eigenvalue weighted by Gasteiger charge is -2.45. The molecule has 0 aromatic carbocycles. The van der Waals surface area contributed by atoms with Crippen molar-refractivity contribution in [3.8, 4) is 11.3 Å². The summed E-state index contributed by atoms with van der Waals surface area (Å²) in [5.41, 5.74) is 7.25. The summed E-state index contributed by atoms with van der Waals surface area (Å²) in [7, 11) is 0. The molecule has 5 N–H and O–H groups in total. The molecule has 10 heteroatoms. The zero-order valence-corrected chi connectivity index (χ0v) is 18.3. The summed E-state index contributed by atoms with van der Waals surface area (Å²) >= 11 is 0. The van der Waals surface area contributed by atoms with E-state index in [1.54, 1.807) is 50.5 Å². The Morgan fingerprint density at radius 3 is 2.76 bits per heavy atom. The van der Waals surface area contributed by atoms with Gasteiger partial charge in [-0.3, -0.25) is 9.78 Å². The number of nitrogens with two attached hydrogens (primary N) is 1. The van der Waals surface area contributed by atoms with E-state index in [0.29, 0.717) is 28.9 Å². The molecule has 1 aliphatic heterocycles. The van der Waals surface area contributed by atoms with Crippen LogP contribution in [-0.2, 0) is 4.74 Å². The number of hydrogen-bond acceptors (Lipinski definition) is 9. The van der Waals surface area contributed by atoms with E-state index in [4.69, 9.17) is 10.5 Å². The maximum Gasteiger partial charge on any atom is 0.276 e. The third-order valence-electron chi connectivity index (χ3n) is 6.12. The molecule has 33 heavy (non-hydrogen) atoms. The molecule has 1 aliphatic rings. The van der Waals surface area contributed by atoms with Crippen molar-refractivity contribution in [2.24, 2.45) is 0 Å². The lowest BCUT2D eigenvalue weighted by atomic mass is 9.81. The SMILES string of the molecule is CC[C@]1(O)[C@H](O)C[C@H](c2ccncc2NC(=O)c2nc(-c3ccnnc3)ccc2N)O[C@@H]1C. The first-order chi connectivity index (χ1) is 15.8. The van der Waals surface area contributed by atoms with E-state index in [1.807, 2.05) is 0 Å². The summed E-state index contributed by atoms with van der Waals surface area (Å²) in [4.78, 5) is 21.6. The minimum atomic E-state index is -1.33. The van der Waals surface area contributed by atoms with E-state index in [9.17, 15) is 15.0 Å². The topological polar surface area (TPSA) is 156 Å². The van der Waals surface area contributed by atoms with Crippen molar-refractivity contribution < 1.29 is 19.7 Å². The van der Waals surface area contributed by atoms with Crippen LogP contribution < -0.4 is 11.1 Å². The number of nitrogen functional groups attached to an aromatic ring is 1. The molecule has 172 valence electrons. The van der Waals surface area contributed by atoms with Crippen LogP contribution >= 0.6 is 0 Å². The molecule has 3 aromatic rings. The summed E-state index contributed by atoms with van der Waals surface area (Å²) in [6, 6.07) is 6.75. The van der Waals surface area contributed by atoms with Crippen LogP contribution in [0.4, 0.5) is 11.4 Å². The number of pyridine rings is 2. The van der Waals surface area contributed by atoms with Crippen molar-refractivity contribution in [2.45, 2.75) is 50.6 Å². The molecular weight excluding hydrogens is 424 g/mol. The molecule has 1 fully saturated rings. The minimum absolute atomic E-state index is 0.0532. The van der Waals surface area contributed by atoms with Crippen LogP contribution in [0.25, 0.3) is 11.3 Å². The number of hydrogen-bond donors (Lipinski definition) is 4. The quantitative estimate of drug-likeness (QED) is 0.457. The Morgan fingerprint density at radius 1 is 1.24 bits per heavy atom. The average molecular weight is 450 g/mol. The van der Waals surface area contributed by atoms with Crippen LogP contribution in [0.5, 0.6) is 0 Å². The number of rotatable bonds is 5. The van der Waals surface area contributed by atoms with Gasteiger partial charge >= 0.3 is 0 Å². The molecule has 0 radical (unpaired) electrons. The fraction of sp³-hybridized carbons (Fsp3) is 0.348. The highest BCUT2D eigenvalue weighted by Crippen LogP contribution is 2.40. The van der Waals surface area contributed by atoms with Gasteiger partial charge in [-0.1, -0.05) is 6.92 Å². The largest absolute Gasteiger partial charge is 0.397 e. The smallest absolute Gasteiger partial charge is 0.276 e. The van der Waals surface area contributed by atoms with Crippen LogP contribution in [0.3, 0.4) is 0 Å². The number of carbonyl (C=O) groups is 1. The predicted octanol–water partition coefficient (Wildman–Crippen LogP) is 2.12. The van der Waals surface area contributed by atoms with Gasteiger partial charge in [0.2, 0.25) is 0 Å². The standard InChI is InChI=1S/C23H26N6O4/c1-3-23(32)13(2)33-19(10-20(23)30)15-7-8-25-12-18(15)29-22(31)21-16(24)4-5-17(28-21)14-6-9-26-27-11-14/h4-9,11-13,19-20,30,32H,3,10,24H2,1-2H3,(H,29,31)/t13-,19-,20-,23-/m1/s1. The Bertz CT molecular complexity index is 1130. The third-order valence-corrected chi connectivity index (χ3v) is 6.12. The van der Waals surface area contributed by atoms with Gasteiger partial charge in [0.1, 0.15) is 5.60 Å². The summed E-state index contributed by atoms with van der Waals surface area (Å²) < 4.78 is 6.04. The highest BCUT2D eigenvalue weighted by Gasteiger charge is 2.47. The number of anilines is 2. The Balaban J connectivity index is 1.60. The second-order valence-electron chi connectivity index (χ2n) is 8.05. The number of aliphatic hydroxyl groups is 2. The van der Waals surface area contributed by atoms with Gasteiger partial charge in [-0.2, -0.15) is 10.2 Å². The van der Waals surface area contributed by atoms with E-state index < -0.39 is 29.8 Å². The van der Waals surface area contributed by atoms with E-state index in [0.717, 1.165) is 0 Å². The summed E-state index contributed by atoms with van der Waals surface area (Å²) in [5, 5.41) is 31.7. The van der Waals surface area contributed by atoms with Crippen molar-refractivity contribution in [1.82, 2.24) is 20.2 Å². The first-order valence-corrected chi connectivity index (χ1v) is 10.7. The number of aromatic nitrogens is 4. The van der Waals surface area contributed by atoms with E-state index >= 15 is 0 Å². The molecular formula is C23H26N6O4. The molecule has 0 saturated carbocycles. The predicted molar refractivity (Wildman–Crippen MR) is 121 cm³/mol. The van der Waals surface area contributed by atoms with Gasteiger partial charge in [-0.25, -0.2) is 4.98 Å². The Labute approximate surface area is 190 Å². The third kappa shape index (κ3) is 4.40. The summed E-state index contributed by atoms with van der Waals surface area (Å²) in [5.74, 6) is -0.514. The second kappa shape index (κ2) is 9.18. The van der Waals surface area contributed by atoms with Crippen LogP contribution in [0.1, 0.15) is 48.8 Å². The van der Waals surface area contributed by atoms with Gasteiger partial charge in [-0.05, 0) is 37.6 Å². The van der Waals surface area contributed by atoms with Gasteiger partial charge < -0.3 is 26.0 Å². The number of nitrogens with zero attached hydrogens (tertiary/aromatic N) is 4. The molecule has 0 spiro atoms. The van der Waals surface area contributed by atoms with Crippen LogP contribution in [0, 0.1) is 0 Å². The highest BCUT2D eigenvalue weighted by atomic mass is 16.5. The number of aliphatic hydroxyl groups excluding tert-OH is 1. The molecule has 4 rings (SSSR count). The Morgan fingerprint density at radius 2 is 2.06 bits per heavy atom. The molecule has 4 atom stereocenters. The number of ether oxygens (including phenoxy) is 1. The summed E-state index contributed by atoms with van der Waals surface area (Å²) in [6.45, 7) is 3.53. The van der Waals surface area contributed by atoms with Crippen molar-refractivity contribution in [3.05, 3.63) is 60.3 Å². The maximum atomic E-state index is 13.1. The fourth-order valence-electron chi connectivity index (χ4n) is 4.05. The van der Waals surface area contributed by atoms with E-state index in [1.165, 1.54) is 12.4 Å². The second-order valence-corrected chi connectivity index (χ2v) is 8.05. The monoisotopic (exact) mass is 450 g/mol. The molecule has 4 heterocycles. The Hall–Kier alpha value is -3.47. The van der Waals surface area contributed by atoms with Crippen LogP contribution in [-0.4, -0.2) is 54.1 Å². The lowest BCUT2D eigenvalue weighted by molar-refractivity contribution is -0.224. The van der Waals surface area contributed by atoms with Crippen LogP contribution in [0.2, 0.25) is 0 Å². The van der Waals surface area contributed by atoms with E-state index in [-0.39, 0.29) is 17.8 Å². The first-order valence-electron chi connectivity index (χ1n) is 10.7. The number of carbonyl (C=O) groups excluding carboxylic acids is 1. The Kier molecular flexibility index (Phi) is 6.32. The molecule has 0 aliphatic carbocycles. The van der Waals surface area contributed by atoms with Gasteiger partial charge in [0.15, 0.2) is 5.69 Å². The number of nitrogens with one attached hydrogen (secondary N) is 1. The van der Waals surface area contributed by atoms with Crippen molar-refractivity contribution >= 4 is 17.3 Å². The molecule has 0 unspecified atom stereocenters. The van der Waals surface area contributed by atoms with E-state index in [2.05, 4.69) is 25.5 Å². The van der Waals surface area contributed by atoms with Gasteiger partial charge in [0, 0.05) is 23.7 Å². The highest BCUT2D eigenvalue weighted by molar-refractivity contribution is 6.06. The van der Waals surface area contributed by atoms with Gasteiger partial charge in [0.25, 0.3) is 5.91 Å². The summed E-state index contributed by atoms with van der Waals surface area (Å²) in [6.07, 6.45) is 4.57. The van der Waals surface area contributed by atoms with Gasteiger partial charge in [0.05, 0.1) is 54.0 Å². The fourth-order valence-corrected chi connectivity index (χ4v) is 4.05. The van der Waals surface area contributed by atoms with Crippen molar-refractivity contribution in [2.75, 3.05) is 11.1 Å². The first kappa shape index (κ1) is 22.7. The zero-order valence-electron chi connectivity index (χ0n) is 18.3. The molecule has 3 aromatic heterocycles. The van der Waals surface area contributed by atoms with Crippen LogP contribution in [0.15, 0.2) is 49.1 Å². The van der Waals surface area contributed by atoms with Crippen molar-refractivity contribution in [3.63, 3.8) is 0 Å². The lowest BCUT2D eigenvalue weighted by Crippen LogP contribution is -2.56. The van der Waals surface area contributed by atoms with Gasteiger partial charge in [-0.15, -0.1) is 0 Å². The molecule has 10 nitrogen and oxygen atoms in total. The molecule has 1 saturated heterocycles. The zero-order chi connectivity index (χ0) is 23.6. The number of amides is 1. The van der Waals surface area contributed by atoms with Crippen molar-refractivity contribution in [1.29, 1.82) is 0 Å². The normalized spacial score (nSPS) is 24.9.